The summed E-state index contributed by atoms with van der Waals surface area (Å²) in [4.78, 5) is 11.9. The van der Waals surface area contributed by atoms with Gasteiger partial charge in [0.2, 0.25) is 5.91 Å². The summed E-state index contributed by atoms with van der Waals surface area (Å²) in [6.07, 6.45) is 2.21. The van der Waals surface area contributed by atoms with Crippen LogP contribution in [0.1, 0.15) is 24.0 Å². The standard InChI is InChI=1S/C17H17BrClNO/c1-12-11-14(18)7-10-16(12)20-17(21)4-2-3-13-5-8-15(19)9-6-13/h5-11H,2-4H2,1H3,(H,20,21). The molecule has 2 rings (SSSR count). The molecule has 21 heavy (non-hydrogen) atoms. The predicted molar refractivity (Wildman–Crippen MR) is 91.9 cm³/mol. The van der Waals surface area contributed by atoms with E-state index in [2.05, 4.69) is 21.2 Å². The summed E-state index contributed by atoms with van der Waals surface area (Å²) in [6, 6.07) is 13.6. The summed E-state index contributed by atoms with van der Waals surface area (Å²) in [5.41, 5.74) is 3.12. The molecule has 0 saturated heterocycles. The SMILES string of the molecule is Cc1cc(Br)ccc1NC(=O)CCCc1ccc(Cl)cc1. The summed E-state index contributed by atoms with van der Waals surface area (Å²) < 4.78 is 1.01. The van der Waals surface area contributed by atoms with Crippen molar-refractivity contribution in [3.8, 4) is 0 Å². The zero-order valence-electron chi connectivity index (χ0n) is 11.8. The van der Waals surface area contributed by atoms with Gasteiger partial charge in [0.25, 0.3) is 0 Å². The van der Waals surface area contributed by atoms with Crippen molar-refractivity contribution < 1.29 is 4.79 Å². The van der Waals surface area contributed by atoms with Crippen LogP contribution in [-0.2, 0) is 11.2 Å². The molecule has 1 N–H and O–H groups in total. The van der Waals surface area contributed by atoms with Gasteiger partial charge in [-0.3, -0.25) is 4.79 Å². The number of benzene rings is 2. The first-order chi connectivity index (χ1) is 10.0. The average molecular weight is 367 g/mol. The van der Waals surface area contributed by atoms with E-state index >= 15 is 0 Å². The fourth-order valence-electron chi connectivity index (χ4n) is 2.08. The minimum Gasteiger partial charge on any atom is -0.326 e. The molecule has 0 aliphatic heterocycles. The summed E-state index contributed by atoms with van der Waals surface area (Å²) in [7, 11) is 0. The summed E-state index contributed by atoms with van der Waals surface area (Å²) in [5, 5.41) is 3.69. The molecule has 0 bridgehead atoms. The van der Waals surface area contributed by atoms with Crippen LogP contribution in [0, 0.1) is 6.92 Å². The molecule has 0 aromatic heterocycles. The van der Waals surface area contributed by atoms with Crippen LogP contribution in [0.25, 0.3) is 0 Å². The van der Waals surface area contributed by atoms with Crippen molar-refractivity contribution in [1.29, 1.82) is 0 Å². The lowest BCUT2D eigenvalue weighted by atomic mass is 10.1. The average Bonchev–Trinajstić information content (AvgIpc) is 2.44. The van der Waals surface area contributed by atoms with Crippen LogP contribution in [-0.4, -0.2) is 5.91 Å². The molecule has 0 saturated carbocycles. The Bertz CT molecular complexity index is 625. The maximum atomic E-state index is 11.9. The topological polar surface area (TPSA) is 29.1 Å². The molecule has 0 fully saturated rings. The highest BCUT2D eigenvalue weighted by Crippen LogP contribution is 2.20. The van der Waals surface area contributed by atoms with Crippen molar-refractivity contribution >= 4 is 39.1 Å². The van der Waals surface area contributed by atoms with Crippen molar-refractivity contribution in [3.63, 3.8) is 0 Å². The number of anilines is 1. The minimum absolute atomic E-state index is 0.0504. The molecule has 4 heteroatoms. The third kappa shape index (κ3) is 5.18. The van der Waals surface area contributed by atoms with Crippen molar-refractivity contribution in [3.05, 3.63) is 63.1 Å². The van der Waals surface area contributed by atoms with Gasteiger partial charge in [-0.2, -0.15) is 0 Å². The van der Waals surface area contributed by atoms with Crippen LogP contribution >= 0.6 is 27.5 Å². The van der Waals surface area contributed by atoms with Crippen LogP contribution in [0.2, 0.25) is 5.02 Å². The van der Waals surface area contributed by atoms with Crippen LogP contribution in [0.3, 0.4) is 0 Å². The highest BCUT2D eigenvalue weighted by molar-refractivity contribution is 9.10. The largest absolute Gasteiger partial charge is 0.326 e. The first-order valence-electron chi connectivity index (χ1n) is 6.85. The highest BCUT2D eigenvalue weighted by Gasteiger charge is 2.05. The Labute approximate surface area is 138 Å². The molecule has 110 valence electrons. The van der Waals surface area contributed by atoms with Gasteiger partial charge in [-0.25, -0.2) is 0 Å². The molecule has 2 aromatic rings. The lowest BCUT2D eigenvalue weighted by Gasteiger charge is -2.08. The van der Waals surface area contributed by atoms with E-state index in [1.165, 1.54) is 5.56 Å². The molecule has 0 spiro atoms. The van der Waals surface area contributed by atoms with Gasteiger partial charge in [0.1, 0.15) is 0 Å². The van der Waals surface area contributed by atoms with Crippen LogP contribution in [0.5, 0.6) is 0 Å². The van der Waals surface area contributed by atoms with Gasteiger partial charge >= 0.3 is 0 Å². The van der Waals surface area contributed by atoms with Crippen molar-refractivity contribution in [2.75, 3.05) is 5.32 Å². The number of nitrogens with one attached hydrogen (secondary N) is 1. The number of amides is 1. The van der Waals surface area contributed by atoms with Gasteiger partial charge in [-0.05, 0) is 61.2 Å². The number of hydrogen-bond acceptors (Lipinski definition) is 1. The maximum absolute atomic E-state index is 11.9. The highest BCUT2D eigenvalue weighted by atomic mass is 79.9. The Hall–Kier alpha value is -1.32. The fourth-order valence-corrected chi connectivity index (χ4v) is 2.69. The number of rotatable bonds is 5. The quantitative estimate of drug-likeness (QED) is 0.757. The second kappa shape index (κ2) is 7.62. The van der Waals surface area contributed by atoms with Gasteiger partial charge in [0.05, 0.1) is 0 Å². The Morgan fingerprint density at radius 2 is 1.90 bits per heavy atom. The third-order valence-corrected chi connectivity index (χ3v) is 3.99. The van der Waals surface area contributed by atoms with Crippen LogP contribution in [0.15, 0.2) is 46.9 Å². The normalized spacial score (nSPS) is 10.4. The second-order valence-corrected chi connectivity index (χ2v) is 6.34. The van der Waals surface area contributed by atoms with Crippen molar-refractivity contribution in [2.45, 2.75) is 26.2 Å². The van der Waals surface area contributed by atoms with Crippen LogP contribution in [0.4, 0.5) is 5.69 Å². The molecule has 0 aliphatic carbocycles. The zero-order chi connectivity index (χ0) is 15.2. The molecule has 2 aromatic carbocycles. The fraction of sp³-hybridized carbons (Fsp3) is 0.235. The van der Waals surface area contributed by atoms with E-state index < -0.39 is 0 Å². The smallest absolute Gasteiger partial charge is 0.224 e. The first-order valence-corrected chi connectivity index (χ1v) is 8.02. The molecule has 0 unspecified atom stereocenters. The first kappa shape index (κ1) is 16.1. The Morgan fingerprint density at radius 3 is 2.57 bits per heavy atom. The van der Waals surface area contributed by atoms with E-state index in [0.29, 0.717) is 6.42 Å². The van der Waals surface area contributed by atoms with Crippen molar-refractivity contribution in [1.82, 2.24) is 0 Å². The minimum atomic E-state index is 0.0504. The molecule has 1 amide bonds. The summed E-state index contributed by atoms with van der Waals surface area (Å²) >= 11 is 9.26. The monoisotopic (exact) mass is 365 g/mol. The Balaban J connectivity index is 1.81. The molecule has 0 atom stereocenters. The number of halogens is 2. The third-order valence-electron chi connectivity index (χ3n) is 3.25. The van der Waals surface area contributed by atoms with Crippen molar-refractivity contribution in [2.24, 2.45) is 0 Å². The Kier molecular flexibility index (Phi) is 5.83. The van der Waals surface area contributed by atoms with Gasteiger partial charge in [-0.15, -0.1) is 0 Å². The van der Waals surface area contributed by atoms with E-state index in [0.717, 1.165) is 33.6 Å². The van der Waals surface area contributed by atoms with E-state index in [9.17, 15) is 4.79 Å². The van der Waals surface area contributed by atoms with Gasteiger partial charge in [0, 0.05) is 21.6 Å². The second-order valence-electron chi connectivity index (χ2n) is 4.99. The van der Waals surface area contributed by atoms with E-state index in [4.69, 9.17) is 11.6 Å². The number of hydrogen-bond donors (Lipinski definition) is 1. The molecule has 0 radical (unpaired) electrons. The molecular formula is C17H17BrClNO. The lowest BCUT2D eigenvalue weighted by Crippen LogP contribution is -2.12. The van der Waals surface area contributed by atoms with Crippen LogP contribution < -0.4 is 5.32 Å². The summed E-state index contributed by atoms with van der Waals surface area (Å²) in [5.74, 6) is 0.0504. The number of carbonyl (C=O) groups is 1. The Morgan fingerprint density at radius 1 is 1.19 bits per heavy atom. The van der Waals surface area contributed by atoms with Gasteiger partial charge in [-0.1, -0.05) is 39.7 Å². The molecular weight excluding hydrogens is 350 g/mol. The van der Waals surface area contributed by atoms with E-state index in [-0.39, 0.29) is 5.91 Å². The predicted octanol–water partition coefficient (Wildman–Crippen LogP) is 5.37. The zero-order valence-corrected chi connectivity index (χ0v) is 14.2. The van der Waals surface area contributed by atoms with E-state index in [1.54, 1.807) is 0 Å². The van der Waals surface area contributed by atoms with Gasteiger partial charge in [0.15, 0.2) is 0 Å². The summed E-state index contributed by atoms with van der Waals surface area (Å²) in [6.45, 7) is 1.98. The van der Waals surface area contributed by atoms with Gasteiger partial charge < -0.3 is 5.32 Å². The maximum Gasteiger partial charge on any atom is 0.224 e. The molecule has 2 nitrogen and oxygen atoms in total. The number of aryl methyl sites for hydroxylation is 2. The lowest BCUT2D eigenvalue weighted by molar-refractivity contribution is -0.116. The number of carbonyl (C=O) groups excluding carboxylic acids is 1. The molecule has 0 heterocycles. The molecule has 0 aliphatic rings. The van der Waals surface area contributed by atoms with E-state index in [1.807, 2.05) is 49.4 Å².